The molecule has 2 fully saturated rings. The van der Waals surface area contributed by atoms with E-state index in [1.807, 2.05) is 6.07 Å². The number of aliphatic hydroxyl groups excluding tert-OH is 1. The second kappa shape index (κ2) is 11.1. The van der Waals surface area contributed by atoms with Crippen LogP contribution in [-0.2, 0) is 14.9 Å². The van der Waals surface area contributed by atoms with Crippen molar-refractivity contribution in [2.24, 2.45) is 0 Å². The number of carboxylic acid groups (broad SMARTS) is 1. The summed E-state index contributed by atoms with van der Waals surface area (Å²) in [4.78, 5) is 13.1. The van der Waals surface area contributed by atoms with Crippen LogP contribution in [0.15, 0.2) is 24.3 Å². The SMILES string of the molecule is C[C@@H]1C[C@H](NS(=O)(=O)N(C)CCO)[C@H](COC2CCC(c3cccc(F)c3)CC2)N1C(=O)O. The van der Waals surface area contributed by atoms with Crippen molar-refractivity contribution >= 4 is 16.3 Å². The van der Waals surface area contributed by atoms with Crippen molar-refractivity contribution in [3.8, 4) is 0 Å². The number of hydrogen-bond donors (Lipinski definition) is 3. The second-order valence-electron chi connectivity index (χ2n) is 8.98. The van der Waals surface area contributed by atoms with Gasteiger partial charge in [-0.2, -0.15) is 17.4 Å². The highest BCUT2D eigenvalue weighted by Crippen LogP contribution is 2.35. The Morgan fingerprint density at radius 2 is 2.00 bits per heavy atom. The Labute approximate surface area is 194 Å². The van der Waals surface area contributed by atoms with E-state index in [0.29, 0.717) is 6.42 Å². The van der Waals surface area contributed by atoms with Crippen molar-refractivity contribution in [3.05, 3.63) is 35.6 Å². The fourth-order valence-corrected chi connectivity index (χ4v) is 6.05. The minimum atomic E-state index is -3.88. The fraction of sp³-hybridized carbons (Fsp3) is 0.682. The molecule has 1 saturated carbocycles. The molecular weight excluding hydrogens is 453 g/mol. The van der Waals surface area contributed by atoms with Gasteiger partial charge in [0.15, 0.2) is 0 Å². The molecule has 0 bridgehead atoms. The van der Waals surface area contributed by atoms with Crippen molar-refractivity contribution in [3.63, 3.8) is 0 Å². The summed E-state index contributed by atoms with van der Waals surface area (Å²) in [7, 11) is -2.52. The lowest BCUT2D eigenvalue weighted by molar-refractivity contribution is -0.00709. The van der Waals surface area contributed by atoms with Crippen molar-refractivity contribution in [2.75, 3.05) is 26.8 Å². The van der Waals surface area contributed by atoms with Crippen LogP contribution in [0.4, 0.5) is 9.18 Å². The molecule has 2 aliphatic rings. The van der Waals surface area contributed by atoms with Crippen LogP contribution in [0.3, 0.4) is 0 Å². The molecular formula is C22H34FN3O6S. The van der Waals surface area contributed by atoms with Crippen molar-refractivity contribution in [1.29, 1.82) is 0 Å². The summed E-state index contributed by atoms with van der Waals surface area (Å²) < 4.78 is 48.4. The molecule has 3 rings (SSSR count). The van der Waals surface area contributed by atoms with E-state index in [-0.39, 0.29) is 43.6 Å². The largest absolute Gasteiger partial charge is 0.465 e. The standard InChI is InChI=1S/C22H34FN3O6S/c1-15-12-20(24-33(30,31)25(2)10-11-27)21(26(15)22(28)29)14-32-19-8-6-16(7-9-19)17-4-3-5-18(23)13-17/h3-5,13,15-16,19-21,24,27H,6-12,14H2,1-2H3,(H,28,29)/t15-,16?,19?,20+,21+/m1/s1. The van der Waals surface area contributed by atoms with Crippen LogP contribution in [0.1, 0.15) is 50.5 Å². The number of likely N-dealkylation sites (tertiary alicyclic amines) is 1. The van der Waals surface area contributed by atoms with Gasteiger partial charge in [-0.05, 0) is 62.6 Å². The number of rotatable bonds is 9. The van der Waals surface area contributed by atoms with Crippen molar-refractivity contribution in [2.45, 2.75) is 69.2 Å². The molecule has 1 aliphatic carbocycles. The molecule has 1 aromatic rings. The van der Waals surface area contributed by atoms with Gasteiger partial charge in [-0.1, -0.05) is 12.1 Å². The molecule has 9 nitrogen and oxygen atoms in total. The highest BCUT2D eigenvalue weighted by atomic mass is 32.2. The number of amides is 1. The third-order valence-corrected chi connectivity index (χ3v) is 8.34. The average Bonchev–Trinajstić information content (AvgIpc) is 3.07. The summed E-state index contributed by atoms with van der Waals surface area (Å²) in [6.07, 6.45) is 2.39. The van der Waals surface area contributed by atoms with E-state index in [9.17, 15) is 22.7 Å². The number of ether oxygens (including phenoxy) is 1. The maximum Gasteiger partial charge on any atom is 0.407 e. The van der Waals surface area contributed by atoms with Gasteiger partial charge in [-0.15, -0.1) is 0 Å². The zero-order valence-corrected chi connectivity index (χ0v) is 19.9. The fourth-order valence-electron chi connectivity index (χ4n) is 4.91. The minimum Gasteiger partial charge on any atom is -0.465 e. The Morgan fingerprint density at radius 1 is 1.30 bits per heavy atom. The molecule has 1 amide bonds. The molecule has 0 unspecified atom stereocenters. The summed E-state index contributed by atoms with van der Waals surface area (Å²) in [6.45, 7) is 1.46. The number of halogens is 1. The first-order valence-electron chi connectivity index (χ1n) is 11.3. The minimum absolute atomic E-state index is 0.0596. The lowest BCUT2D eigenvalue weighted by atomic mass is 9.82. The first kappa shape index (κ1) is 25.8. The van der Waals surface area contributed by atoms with Gasteiger partial charge in [0, 0.05) is 25.7 Å². The van der Waals surface area contributed by atoms with E-state index in [4.69, 9.17) is 9.84 Å². The van der Waals surface area contributed by atoms with E-state index in [1.165, 1.54) is 18.0 Å². The van der Waals surface area contributed by atoms with Crippen LogP contribution in [0.5, 0.6) is 0 Å². The van der Waals surface area contributed by atoms with E-state index in [0.717, 1.165) is 35.6 Å². The van der Waals surface area contributed by atoms with Gasteiger partial charge < -0.3 is 14.9 Å². The predicted octanol–water partition coefficient (Wildman–Crippen LogP) is 2.14. The molecule has 1 aliphatic heterocycles. The molecule has 11 heteroatoms. The lowest BCUT2D eigenvalue weighted by Crippen LogP contribution is -2.52. The third-order valence-electron chi connectivity index (χ3n) is 6.74. The maximum atomic E-state index is 13.5. The number of benzene rings is 1. The molecule has 1 saturated heterocycles. The molecule has 0 radical (unpaired) electrons. The average molecular weight is 488 g/mol. The second-order valence-corrected chi connectivity index (χ2v) is 10.8. The van der Waals surface area contributed by atoms with Gasteiger partial charge in [-0.3, -0.25) is 4.90 Å². The quantitative estimate of drug-likeness (QED) is 0.491. The smallest absolute Gasteiger partial charge is 0.407 e. The highest BCUT2D eigenvalue weighted by molar-refractivity contribution is 7.87. The van der Waals surface area contributed by atoms with Crippen LogP contribution >= 0.6 is 0 Å². The molecule has 0 aromatic heterocycles. The van der Waals surface area contributed by atoms with Gasteiger partial charge in [-0.25, -0.2) is 9.18 Å². The van der Waals surface area contributed by atoms with Crippen LogP contribution in [0.25, 0.3) is 0 Å². The van der Waals surface area contributed by atoms with E-state index in [1.54, 1.807) is 19.1 Å². The van der Waals surface area contributed by atoms with Gasteiger partial charge in [0.25, 0.3) is 10.2 Å². The van der Waals surface area contributed by atoms with Gasteiger partial charge in [0.1, 0.15) is 5.82 Å². The molecule has 3 N–H and O–H groups in total. The molecule has 3 atom stereocenters. The third kappa shape index (κ3) is 6.42. The number of carbonyl (C=O) groups is 1. The Balaban J connectivity index is 1.61. The first-order valence-corrected chi connectivity index (χ1v) is 12.8. The van der Waals surface area contributed by atoms with Crippen LogP contribution in [-0.4, -0.2) is 85.0 Å². The summed E-state index contributed by atoms with van der Waals surface area (Å²) in [6, 6.07) is 5.00. The Morgan fingerprint density at radius 3 is 2.61 bits per heavy atom. The number of nitrogens with zero attached hydrogens (tertiary/aromatic N) is 2. The van der Waals surface area contributed by atoms with Crippen LogP contribution in [0.2, 0.25) is 0 Å². The molecule has 0 spiro atoms. The number of hydrogen-bond acceptors (Lipinski definition) is 5. The highest BCUT2D eigenvalue weighted by Gasteiger charge is 2.44. The van der Waals surface area contributed by atoms with E-state index < -0.39 is 28.4 Å². The molecule has 186 valence electrons. The van der Waals surface area contributed by atoms with E-state index in [2.05, 4.69) is 4.72 Å². The molecule has 1 heterocycles. The predicted molar refractivity (Wildman–Crippen MR) is 121 cm³/mol. The number of likely N-dealkylation sites (N-methyl/N-ethyl adjacent to an activating group) is 1. The van der Waals surface area contributed by atoms with E-state index >= 15 is 0 Å². The summed E-state index contributed by atoms with van der Waals surface area (Å²) >= 11 is 0. The maximum absolute atomic E-state index is 13.5. The summed E-state index contributed by atoms with van der Waals surface area (Å²) in [5.41, 5.74) is 0.983. The molecule has 1 aromatic carbocycles. The van der Waals surface area contributed by atoms with Crippen molar-refractivity contribution < 1.29 is 32.6 Å². The zero-order chi connectivity index (χ0) is 24.2. The summed E-state index contributed by atoms with van der Waals surface area (Å²) in [5, 5.41) is 18.7. The Bertz CT molecular complexity index is 909. The van der Waals surface area contributed by atoms with Crippen LogP contribution < -0.4 is 4.72 Å². The summed E-state index contributed by atoms with van der Waals surface area (Å²) in [5.74, 6) is 0.0253. The first-order chi connectivity index (χ1) is 15.6. The normalized spacial score (nSPS) is 28.4. The topological polar surface area (TPSA) is 119 Å². The van der Waals surface area contributed by atoms with Gasteiger partial charge >= 0.3 is 6.09 Å². The monoisotopic (exact) mass is 487 g/mol. The van der Waals surface area contributed by atoms with Gasteiger partial charge in [0.05, 0.1) is 25.4 Å². The Hall–Kier alpha value is -1.79. The number of nitrogens with one attached hydrogen (secondary N) is 1. The van der Waals surface area contributed by atoms with Crippen LogP contribution in [0, 0.1) is 5.82 Å². The van der Waals surface area contributed by atoms with Gasteiger partial charge in [0.2, 0.25) is 0 Å². The zero-order valence-electron chi connectivity index (χ0n) is 19.1. The molecule has 33 heavy (non-hydrogen) atoms. The lowest BCUT2D eigenvalue weighted by Gasteiger charge is -2.33. The van der Waals surface area contributed by atoms with Crippen molar-refractivity contribution in [1.82, 2.24) is 13.9 Å². The number of aliphatic hydroxyl groups is 1. The Kier molecular flexibility index (Phi) is 8.68.